The van der Waals surface area contributed by atoms with Crippen LogP contribution in [0.1, 0.15) is 18.2 Å². The number of ether oxygens (including phenoxy) is 1. The Labute approximate surface area is 172 Å². The summed E-state index contributed by atoms with van der Waals surface area (Å²) in [7, 11) is 0. The van der Waals surface area contributed by atoms with Crippen LogP contribution < -0.4 is 10.1 Å². The quantitative estimate of drug-likeness (QED) is 0.570. The minimum Gasteiger partial charge on any atom is -0.494 e. The number of nitriles is 1. The van der Waals surface area contributed by atoms with Gasteiger partial charge in [-0.2, -0.15) is 5.26 Å². The number of anilines is 1. The number of nitrogens with zero attached hydrogens (tertiary/aromatic N) is 2. The predicted molar refractivity (Wildman–Crippen MR) is 115 cm³/mol. The summed E-state index contributed by atoms with van der Waals surface area (Å²) in [5.74, 6) is 1.75. The lowest BCUT2D eigenvalue weighted by Crippen LogP contribution is -2.14. The number of rotatable bonds is 8. The summed E-state index contributed by atoms with van der Waals surface area (Å²) in [6.07, 6.45) is 0. The number of amides is 1. The van der Waals surface area contributed by atoms with Gasteiger partial charge in [-0.15, -0.1) is 23.1 Å². The molecule has 0 bridgehead atoms. The second-order valence-electron chi connectivity index (χ2n) is 5.83. The van der Waals surface area contributed by atoms with Crippen LogP contribution in [0, 0.1) is 11.3 Å². The van der Waals surface area contributed by atoms with E-state index in [-0.39, 0.29) is 5.91 Å². The largest absolute Gasteiger partial charge is 0.494 e. The third-order valence-corrected chi connectivity index (χ3v) is 5.63. The molecule has 0 aliphatic rings. The highest BCUT2D eigenvalue weighted by Gasteiger charge is 2.08. The molecule has 28 heavy (non-hydrogen) atoms. The lowest BCUT2D eigenvalue weighted by atomic mass is 10.2. The van der Waals surface area contributed by atoms with Gasteiger partial charge in [0.2, 0.25) is 5.91 Å². The number of carbonyl (C=O) groups is 1. The summed E-state index contributed by atoms with van der Waals surface area (Å²) in [4.78, 5) is 16.7. The number of hydrogen-bond acceptors (Lipinski definition) is 6. The molecule has 0 saturated carbocycles. The standard InChI is InChI=1S/C21H19N3O2S2/c1-2-26-19-8-6-16(7-9-19)21-24-18(13-28-21)12-27-14-20(25)23-17-5-3-4-15(10-17)11-22/h3-10,13H,2,12,14H2,1H3,(H,23,25). The number of thiazole rings is 1. The lowest BCUT2D eigenvalue weighted by molar-refractivity contribution is -0.113. The van der Waals surface area contributed by atoms with Crippen LogP contribution in [0.3, 0.4) is 0 Å². The number of nitrogens with one attached hydrogen (secondary N) is 1. The molecule has 142 valence electrons. The van der Waals surface area contributed by atoms with Crippen LogP contribution >= 0.6 is 23.1 Å². The van der Waals surface area contributed by atoms with E-state index in [0.717, 1.165) is 22.0 Å². The maximum atomic E-state index is 12.1. The first kappa shape index (κ1) is 19.9. The Morgan fingerprint density at radius 3 is 2.86 bits per heavy atom. The van der Waals surface area contributed by atoms with E-state index in [0.29, 0.717) is 29.4 Å². The van der Waals surface area contributed by atoms with E-state index >= 15 is 0 Å². The SMILES string of the molecule is CCOc1ccc(-c2nc(CSCC(=O)Nc3cccc(C#N)c3)cs2)cc1. The Kier molecular flexibility index (Phi) is 7.06. The predicted octanol–water partition coefficient (Wildman–Crippen LogP) is 4.95. The highest BCUT2D eigenvalue weighted by Crippen LogP contribution is 2.27. The van der Waals surface area contributed by atoms with Crippen molar-refractivity contribution in [3.63, 3.8) is 0 Å². The van der Waals surface area contributed by atoms with Gasteiger partial charge in [-0.3, -0.25) is 4.79 Å². The molecule has 0 spiro atoms. The molecule has 1 N–H and O–H groups in total. The van der Waals surface area contributed by atoms with E-state index < -0.39 is 0 Å². The van der Waals surface area contributed by atoms with Gasteiger partial charge in [-0.25, -0.2) is 4.98 Å². The summed E-state index contributed by atoms with van der Waals surface area (Å²) in [6.45, 7) is 2.61. The van der Waals surface area contributed by atoms with Crippen molar-refractivity contribution in [2.45, 2.75) is 12.7 Å². The second-order valence-corrected chi connectivity index (χ2v) is 7.68. The summed E-state index contributed by atoms with van der Waals surface area (Å²) in [6, 6.07) is 16.8. The van der Waals surface area contributed by atoms with Crippen molar-refractivity contribution < 1.29 is 9.53 Å². The maximum Gasteiger partial charge on any atom is 0.234 e. The monoisotopic (exact) mass is 409 g/mol. The Hall–Kier alpha value is -2.82. The zero-order valence-electron chi connectivity index (χ0n) is 15.3. The zero-order chi connectivity index (χ0) is 19.8. The van der Waals surface area contributed by atoms with Crippen LogP contribution in [0.15, 0.2) is 53.9 Å². The van der Waals surface area contributed by atoms with Crippen molar-refractivity contribution in [1.82, 2.24) is 4.98 Å². The number of carbonyl (C=O) groups excluding carboxylic acids is 1. The van der Waals surface area contributed by atoms with E-state index in [1.165, 1.54) is 11.8 Å². The van der Waals surface area contributed by atoms with Gasteiger partial charge in [-0.05, 0) is 49.4 Å². The Morgan fingerprint density at radius 2 is 2.11 bits per heavy atom. The second kappa shape index (κ2) is 9.93. The van der Waals surface area contributed by atoms with E-state index in [2.05, 4.69) is 16.4 Å². The molecule has 7 heteroatoms. The van der Waals surface area contributed by atoms with Crippen LogP contribution in [0.2, 0.25) is 0 Å². The summed E-state index contributed by atoms with van der Waals surface area (Å²) in [5.41, 5.74) is 3.17. The first-order chi connectivity index (χ1) is 13.7. The van der Waals surface area contributed by atoms with Crippen LogP contribution in [0.5, 0.6) is 5.75 Å². The molecule has 0 saturated heterocycles. The Bertz CT molecular complexity index is 978. The van der Waals surface area contributed by atoms with Crippen molar-refractivity contribution in [3.8, 4) is 22.4 Å². The zero-order valence-corrected chi connectivity index (χ0v) is 17.0. The topological polar surface area (TPSA) is 75.0 Å². The molecule has 1 amide bonds. The highest BCUT2D eigenvalue weighted by atomic mass is 32.2. The third kappa shape index (κ3) is 5.59. The fraction of sp³-hybridized carbons (Fsp3) is 0.190. The van der Waals surface area contributed by atoms with Gasteiger partial charge in [0.25, 0.3) is 0 Å². The lowest BCUT2D eigenvalue weighted by Gasteiger charge is -2.05. The molecule has 0 aliphatic heterocycles. The number of aromatic nitrogens is 1. The van der Waals surface area contributed by atoms with E-state index in [1.807, 2.05) is 36.6 Å². The molecule has 1 aromatic heterocycles. The van der Waals surface area contributed by atoms with Gasteiger partial charge >= 0.3 is 0 Å². The molecular weight excluding hydrogens is 390 g/mol. The molecule has 3 rings (SSSR count). The fourth-order valence-electron chi connectivity index (χ4n) is 2.48. The number of benzene rings is 2. The normalized spacial score (nSPS) is 10.3. The van der Waals surface area contributed by atoms with Crippen molar-refractivity contribution in [3.05, 3.63) is 65.2 Å². The molecule has 0 atom stereocenters. The molecule has 0 radical (unpaired) electrons. The molecule has 0 fully saturated rings. The molecule has 2 aromatic carbocycles. The molecule has 3 aromatic rings. The minimum absolute atomic E-state index is 0.0953. The Morgan fingerprint density at radius 1 is 1.29 bits per heavy atom. The summed E-state index contributed by atoms with van der Waals surface area (Å²) < 4.78 is 5.46. The molecule has 1 heterocycles. The Balaban J connectivity index is 1.49. The maximum absolute atomic E-state index is 12.1. The molecular formula is C21H19N3O2S2. The number of thioether (sulfide) groups is 1. The molecule has 5 nitrogen and oxygen atoms in total. The van der Waals surface area contributed by atoms with Crippen LogP contribution in [0.4, 0.5) is 5.69 Å². The summed E-state index contributed by atoms with van der Waals surface area (Å²) in [5, 5.41) is 14.7. The van der Waals surface area contributed by atoms with Gasteiger partial charge in [-0.1, -0.05) is 6.07 Å². The van der Waals surface area contributed by atoms with Crippen molar-refractivity contribution in [2.24, 2.45) is 0 Å². The smallest absolute Gasteiger partial charge is 0.234 e. The average Bonchev–Trinajstić information content (AvgIpc) is 3.18. The van der Waals surface area contributed by atoms with E-state index in [1.54, 1.807) is 35.6 Å². The highest BCUT2D eigenvalue weighted by molar-refractivity contribution is 7.99. The van der Waals surface area contributed by atoms with E-state index in [4.69, 9.17) is 10.00 Å². The van der Waals surface area contributed by atoms with Gasteiger partial charge in [0, 0.05) is 22.4 Å². The van der Waals surface area contributed by atoms with Crippen molar-refractivity contribution in [2.75, 3.05) is 17.7 Å². The third-order valence-electron chi connectivity index (χ3n) is 3.72. The first-order valence-corrected chi connectivity index (χ1v) is 10.8. The van der Waals surface area contributed by atoms with Gasteiger partial charge < -0.3 is 10.1 Å². The van der Waals surface area contributed by atoms with Crippen LogP contribution in [-0.4, -0.2) is 23.3 Å². The summed E-state index contributed by atoms with van der Waals surface area (Å²) >= 11 is 3.10. The van der Waals surface area contributed by atoms with Gasteiger partial charge in [0.05, 0.1) is 29.7 Å². The van der Waals surface area contributed by atoms with Crippen LogP contribution in [0.25, 0.3) is 10.6 Å². The molecule has 0 aliphatic carbocycles. The minimum atomic E-state index is -0.0953. The average molecular weight is 410 g/mol. The first-order valence-electron chi connectivity index (χ1n) is 8.73. The van der Waals surface area contributed by atoms with E-state index in [9.17, 15) is 4.79 Å². The van der Waals surface area contributed by atoms with Crippen LogP contribution in [-0.2, 0) is 10.5 Å². The van der Waals surface area contributed by atoms with Crippen molar-refractivity contribution in [1.29, 1.82) is 5.26 Å². The van der Waals surface area contributed by atoms with Gasteiger partial charge in [0.15, 0.2) is 0 Å². The molecule has 0 unspecified atom stereocenters. The van der Waals surface area contributed by atoms with Gasteiger partial charge in [0.1, 0.15) is 10.8 Å². The number of hydrogen-bond donors (Lipinski definition) is 1. The van der Waals surface area contributed by atoms with Crippen molar-refractivity contribution >= 4 is 34.7 Å². The fourth-order valence-corrected chi connectivity index (χ4v) is 4.13.